The number of aromatic nitrogens is 1. The molecule has 0 unspecified atom stereocenters. The molecule has 5 N–H and O–H groups in total. The number of fused-ring (bicyclic) bond motifs is 1. The van der Waals surface area contributed by atoms with Gasteiger partial charge in [-0.2, -0.15) is 4.99 Å². The molecule has 0 aliphatic carbocycles. The zero-order valence-electron chi connectivity index (χ0n) is 9.71. The van der Waals surface area contributed by atoms with Crippen molar-refractivity contribution < 1.29 is 9.59 Å². The van der Waals surface area contributed by atoms with Gasteiger partial charge in [-0.15, -0.1) is 0 Å². The highest BCUT2D eigenvalue weighted by molar-refractivity contribution is 9.10. The van der Waals surface area contributed by atoms with Gasteiger partial charge in [-0.3, -0.25) is 9.59 Å². The van der Waals surface area contributed by atoms with Crippen molar-refractivity contribution in [3.63, 3.8) is 0 Å². The van der Waals surface area contributed by atoms with E-state index in [1.54, 1.807) is 6.20 Å². The molecule has 0 saturated carbocycles. The van der Waals surface area contributed by atoms with Crippen LogP contribution in [0, 0.1) is 0 Å². The van der Waals surface area contributed by atoms with Crippen molar-refractivity contribution >= 4 is 39.3 Å². The molecule has 19 heavy (non-hydrogen) atoms. The summed E-state index contributed by atoms with van der Waals surface area (Å²) in [5.41, 5.74) is 7.65. The maximum atomic E-state index is 11.9. The molecule has 3 heterocycles. The molecule has 0 atom stereocenters. The van der Waals surface area contributed by atoms with Crippen LogP contribution in [0.1, 0.15) is 22.5 Å². The Morgan fingerprint density at radius 1 is 1.37 bits per heavy atom. The maximum absolute atomic E-state index is 11.9. The lowest BCUT2D eigenvalue weighted by molar-refractivity contribution is -0.114. The van der Waals surface area contributed by atoms with E-state index in [1.807, 2.05) is 0 Å². The van der Waals surface area contributed by atoms with Crippen molar-refractivity contribution in [3.05, 3.63) is 27.6 Å². The monoisotopic (exact) mass is 323 g/mol. The second-order valence-electron chi connectivity index (χ2n) is 4.17. The number of H-pyrrole nitrogens is 1. The van der Waals surface area contributed by atoms with Crippen LogP contribution < -0.4 is 16.4 Å². The third kappa shape index (κ3) is 1.84. The number of amides is 2. The molecular formula is C11H10BrN5O2. The van der Waals surface area contributed by atoms with Gasteiger partial charge in [0.25, 0.3) is 11.8 Å². The average molecular weight is 324 g/mol. The predicted octanol–water partition coefficient (Wildman–Crippen LogP) is 0.0663. The molecule has 8 heteroatoms. The predicted molar refractivity (Wildman–Crippen MR) is 72.1 cm³/mol. The lowest BCUT2D eigenvalue weighted by Gasteiger charge is -2.08. The fourth-order valence-corrected chi connectivity index (χ4v) is 2.77. The summed E-state index contributed by atoms with van der Waals surface area (Å²) in [5.74, 6) is -0.541. The molecule has 0 aromatic carbocycles. The van der Waals surface area contributed by atoms with E-state index in [2.05, 4.69) is 36.5 Å². The van der Waals surface area contributed by atoms with Crippen LogP contribution in [0.15, 0.2) is 21.4 Å². The molecule has 2 amide bonds. The van der Waals surface area contributed by atoms with Gasteiger partial charge in [-0.1, -0.05) is 0 Å². The highest BCUT2D eigenvalue weighted by Gasteiger charge is 2.29. The number of halogens is 1. The summed E-state index contributed by atoms with van der Waals surface area (Å²) < 4.78 is 0.724. The van der Waals surface area contributed by atoms with Crippen LogP contribution >= 0.6 is 15.9 Å². The fourth-order valence-electron chi connectivity index (χ4n) is 2.22. The summed E-state index contributed by atoms with van der Waals surface area (Å²) in [5, 5.41) is 5.52. The first-order valence-corrected chi connectivity index (χ1v) is 6.41. The van der Waals surface area contributed by atoms with Crippen LogP contribution in [0.2, 0.25) is 0 Å². The van der Waals surface area contributed by atoms with Crippen LogP contribution in [-0.4, -0.2) is 29.3 Å². The molecule has 98 valence electrons. The van der Waals surface area contributed by atoms with E-state index >= 15 is 0 Å². The first-order chi connectivity index (χ1) is 9.08. The minimum Gasteiger partial charge on any atom is -0.369 e. The maximum Gasteiger partial charge on any atom is 0.296 e. The molecule has 0 saturated heterocycles. The van der Waals surface area contributed by atoms with E-state index in [-0.39, 0.29) is 11.9 Å². The van der Waals surface area contributed by atoms with E-state index < -0.39 is 5.91 Å². The molecule has 7 nitrogen and oxygen atoms in total. The Kier molecular flexibility index (Phi) is 2.67. The van der Waals surface area contributed by atoms with Gasteiger partial charge in [0.05, 0.1) is 0 Å². The summed E-state index contributed by atoms with van der Waals surface area (Å²) in [4.78, 5) is 30.2. The van der Waals surface area contributed by atoms with Crippen molar-refractivity contribution in [3.8, 4) is 0 Å². The number of aromatic amines is 1. The number of nitrogens with zero attached hydrogens (tertiary/aromatic N) is 1. The zero-order chi connectivity index (χ0) is 13.6. The molecule has 3 rings (SSSR count). The first-order valence-electron chi connectivity index (χ1n) is 5.62. The summed E-state index contributed by atoms with van der Waals surface area (Å²) in [7, 11) is 0. The van der Waals surface area contributed by atoms with E-state index in [9.17, 15) is 9.59 Å². The third-order valence-corrected chi connectivity index (χ3v) is 3.64. The Hall–Kier alpha value is -2.09. The lowest BCUT2D eigenvalue weighted by atomic mass is 10.0. The Morgan fingerprint density at radius 2 is 2.16 bits per heavy atom. The van der Waals surface area contributed by atoms with Gasteiger partial charge in [0.2, 0.25) is 5.96 Å². The third-order valence-electron chi connectivity index (χ3n) is 3.01. The smallest absolute Gasteiger partial charge is 0.296 e. The van der Waals surface area contributed by atoms with Gasteiger partial charge < -0.3 is 21.4 Å². The number of aliphatic imine (C=N–C) groups is 1. The summed E-state index contributed by atoms with van der Waals surface area (Å²) >= 11 is 3.38. The lowest BCUT2D eigenvalue weighted by Crippen LogP contribution is -2.26. The minimum atomic E-state index is -0.416. The molecule has 2 aliphatic heterocycles. The van der Waals surface area contributed by atoms with Gasteiger partial charge in [-0.25, -0.2) is 0 Å². The van der Waals surface area contributed by atoms with Crippen LogP contribution in [0.25, 0.3) is 5.57 Å². The second-order valence-corrected chi connectivity index (χ2v) is 5.03. The summed E-state index contributed by atoms with van der Waals surface area (Å²) in [6.07, 6.45) is 2.19. The van der Waals surface area contributed by atoms with Gasteiger partial charge in [-0.05, 0) is 27.9 Å². The SMILES string of the molecule is NC1=NC(=O)C(=C2CCNC(=O)c3[nH]cc(Br)c32)N1. The Bertz CT molecular complexity index is 658. The first kappa shape index (κ1) is 12.0. The number of guanidine groups is 1. The van der Waals surface area contributed by atoms with Crippen molar-refractivity contribution in [2.45, 2.75) is 6.42 Å². The minimum absolute atomic E-state index is 0.0734. The summed E-state index contributed by atoms with van der Waals surface area (Å²) in [6, 6.07) is 0. The van der Waals surface area contributed by atoms with Crippen molar-refractivity contribution in [1.82, 2.24) is 15.6 Å². The van der Waals surface area contributed by atoms with Crippen molar-refractivity contribution in [1.29, 1.82) is 0 Å². The zero-order valence-corrected chi connectivity index (χ0v) is 11.3. The van der Waals surface area contributed by atoms with Crippen LogP contribution in [-0.2, 0) is 4.79 Å². The Morgan fingerprint density at radius 3 is 2.84 bits per heavy atom. The number of carbonyl (C=O) groups excluding carboxylic acids is 2. The van der Waals surface area contributed by atoms with Crippen LogP contribution in [0.5, 0.6) is 0 Å². The molecule has 1 aromatic heterocycles. The molecule has 0 spiro atoms. The average Bonchev–Trinajstić information content (AvgIpc) is 2.83. The highest BCUT2D eigenvalue weighted by Crippen LogP contribution is 2.33. The normalized spacial score (nSPS) is 22.5. The number of hydrogen-bond acceptors (Lipinski definition) is 4. The molecule has 0 bridgehead atoms. The van der Waals surface area contributed by atoms with Crippen LogP contribution in [0.3, 0.4) is 0 Å². The number of nitrogens with one attached hydrogen (secondary N) is 3. The standard InChI is InChI=1S/C11H10BrN5O2/c12-5-3-15-8-6(5)4(1-2-14-9(8)18)7-10(19)17-11(13)16-7/h3,15H,1-2H2,(H,14,18)(H3,13,16,17,19). The quantitative estimate of drug-likeness (QED) is 0.506. The largest absolute Gasteiger partial charge is 0.369 e. The van der Waals surface area contributed by atoms with E-state index in [0.717, 1.165) is 10.0 Å². The molecule has 2 aliphatic rings. The van der Waals surface area contributed by atoms with E-state index in [0.29, 0.717) is 29.9 Å². The Balaban J connectivity index is 2.20. The molecule has 0 fully saturated rings. The molecule has 0 radical (unpaired) electrons. The van der Waals surface area contributed by atoms with Gasteiger partial charge in [0.15, 0.2) is 0 Å². The van der Waals surface area contributed by atoms with Crippen molar-refractivity contribution in [2.24, 2.45) is 10.7 Å². The molecular weight excluding hydrogens is 314 g/mol. The molecule has 1 aromatic rings. The van der Waals surface area contributed by atoms with Gasteiger partial charge in [0.1, 0.15) is 11.4 Å². The number of hydrogen-bond donors (Lipinski definition) is 4. The summed E-state index contributed by atoms with van der Waals surface area (Å²) in [6.45, 7) is 0.446. The van der Waals surface area contributed by atoms with Gasteiger partial charge in [0, 0.05) is 22.8 Å². The number of carbonyl (C=O) groups is 2. The van der Waals surface area contributed by atoms with E-state index in [1.165, 1.54) is 0 Å². The fraction of sp³-hybridized carbons (Fsp3) is 0.182. The second kappa shape index (κ2) is 4.23. The number of rotatable bonds is 0. The van der Waals surface area contributed by atoms with E-state index in [4.69, 9.17) is 5.73 Å². The van der Waals surface area contributed by atoms with Gasteiger partial charge >= 0.3 is 0 Å². The topological polar surface area (TPSA) is 112 Å². The van der Waals surface area contributed by atoms with Crippen LogP contribution in [0.4, 0.5) is 0 Å². The highest BCUT2D eigenvalue weighted by atomic mass is 79.9. The Labute approximate surface area is 116 Å². The van der Waals surface area contributed by atoms with Crippen molar-refractivity contribution in [2.75, 3.05) is 6.54 Å². The number of nitrogens with two attached hydrogens (primary N) is 1.